The minimum Gasteiger partial charge on any atom is -0.273 e. The van der Waals surface area contributed by atoms with Crippen molar-refractivity contribution in [1.29, 1.82) is 0 Å². The number of carbonyl (C=O) groups excluding carboxylic acids is 1. The van der Waals surface area contributed by atoms with Gasteiger partial charge in [-0.2, -0.15) is 5.10 Å². The highest BCUT2D eigenvalue weighted by atomic mass is 19.1. The molecule has 4 heteroatoms. The maximum atomic E-state index is 12.5. The standard InChI is InChI=1S/C9H7FN2O/c10-7-3-1-6(2-4-7)8-5-9(13)12-11-8/h1-4H,5H2,(H,12,13). The summed E-state index contributed by atoms with van der Waals surface area (Å²) in [7, 11) is 0. The van der Waals surface area contributed by atoms with Crippen LogP contribution in [0, 0.1) is 5.82 Å². The van der Waals surface area contributed by atoms with E-state index < -0.39 is 0 Å². The van der Waals surface area contributed by atoms with E-state index in [-0.39, 0.29) is 18.1 Å². The molecule has 1 aliphatic rings. The fourth-order valence-corrected chi connectivity index (χ4v) is 1.17. The molecule has 66 valence electrons. The van der Waals surface area contributed by atoms with Crippen LogP contribution in [0.4, 0.5) is 4.39 Å². The van der Waals surface area contributed by atoms with Crippen molar-refractivity contribution in [3.05, 3.63) is 35.6 Å². The van der Waals surface area contributed by atoms with Gasteiger partial charge in [-0.15, -0.1) is 0 Å². The van der Waals surface area contributed by atoms with Gasteiger partial charge in [-0.1, -0.05) is 12.1 Å². The van der Waals surface area contributed by atoms with Crippen LogP contribution in [0.2, 0.25) is 0 Å². The minimum absolute atomic E-state index is 0.126. The summed E-state index contributed by atoms with van der Waals surface area (Å²) in [5.41, 5.74) is 3.77. The van der Waals surface area contributed by atoms with E-state index in [9.17, 15) is 9.18 Å². The first-order valence-corrected chi connectivity index (χ1v) is 3.87. The largest absolute Gasteiger partial charge is 0.273 e. The number of amides is 1. The van der Waals surface area contributed by atoms with Gasteiger partial charge in [0.2, 0.25) is 5.91 Å². The molecule has 0 radical (unpaired) electrons. The number of benzene rings is 1. The Bertz CT molecular complexity index is 370. The van der Waals surface area contributed by atoms with Crippen LogP contribution in [0.1, 0.15) is 12.0 Å². The SMILES string of the molecule is O=C1CC(c2ccc(F)cc2)=NN1. The predicted octanol–water partition coefficient (Wildman–Crippen LogP) is 1.05. The molecule has 1 aromatic carbocycles. The van der Waals surface area contributed by atoms with Gasteiger partial charge >= 0.3 is 0 Å². The van der Waals surface area contributed by atoms with Crippen molar-refractivity contribution in [2.24, 2.45) is 5.10 Å². The number of hydrogen-bond acceptors (Lipinski definition) is 2. The van der Waals surface area contributed by atoms with Crippen LogP contribution in [-0.4, -0.2) is 11.6 Å². The number of hydrogen-bond donors (Lipinski definition) is 1. The molecule has 0 fully saturated rings. The van der Waals surface area contributed by atoms with E-state index >= 15 is 0 Å². The Morgan fingerprint density at radius 1 is 1.31 bits per heavy atom. The number of rotatable bonds is 1. The van der Waals surface area contributed by atoms with Crippen LogP contribution >= 0.6 is 0 Å². The summed E-state index contributed by atoms with van der Waals surface area (Å²) in [5.74, 6) is -0.416. The molecule has 0 aromatic heterocycles. The molecule has 1 aromatic rings. The average Bonchev–Trinajstić information content (AvgIpc) is 2.53. The summed E-state index contributed by atoms with van der Waals surface area (Å²) < 4.78 is 12.5. The van der Waals surface area contributed by atoms with E-state index in [1.807, 2.05) is 0 Å². The molecular weight excluding hydrogens is 171 g/mol. The lowest BCUT2D eigenvalue weighted by Crippen LogP contribution is -2.09. The lowest BCUT2D eigenvalue weighted by molar-refractivity contribution is -0.119. The third-order valence-electron chi connectivity index (χ3n) is 1.82. The first-order chi connectivity index (χ1) is 6.25. The number of carbonyl (C=O) groups is 1. The highest BCUT2D eigenvalue weighted by Crippen LogP contribution is 2.09. The maximum absolute atomic E-state index is 12.5. The van der Waals surface area contributed by atoms with Crippen molar-refractivity contribution in [2.45, 2.75) is 6.42 Å². The Morgan fingerprint density at radius 2 is 2.00 bits per heavy atom. The van der Waals surface area contributed by atoms with Crippen molar-refractivity contribution in [3.63, 3.8) is 0 Å². The van der Waals surface area contributed by atoms with Crippen molar-refractivity contribution in [1.82, 2.24) is 5.43 Å². The second kappa shape index (κ2) is 2.97. The zero-order valence-corrected chi connectivity index (χ0v) is 6.75. The molecule has 0 atom stereocenters. The number of hydrazone groups is 1. The molecule has 0 spiro atoms. The van der Waals surface area contributed by atoms with E-state index in [0.717, 1.165) is 5.56 Å². The molecular formula is C9H7FN2O. The first-order valence-electron chi connectivity index (χ1n) is 3.87. The summed E-state index contributed by atoms with van der Waals surface area (Å²) in [6.07, 6.45) is 0.269. The Hall–Kier alpha value is -1.71. The maximum Gasteiger partial charge on any atom is 0.246 e. The first kappa shape index (κ1) is 7.91. The second-order valence-electron chi connectivity index (χ2n) is 2.78. The zero-order chi connectivity index (χ0) is 9.26. The van der Waals surface area contributed by atoms with Crippen LogP contribution < -0.4 is 5.43 Å². The lowest BCUT2D eigenvalue weighted by Gasteiger charge is -1.96. The van der Waals surface area contributed by atoms with Gasteiger partial charge in [-0.3, -0.25) is 4.79 Å². The molecule has 0 aliphatic carbocycles. The fraction of sp³-hybridized carbons (Fsp3) is 0.111. The molecule has 1 heterocycles. The average molecular weight is 178 g/mol. The smallest absolute Gasteiger partial charge is 0.246 e. The van der Waals surface area contributed by atoms with Gasteiger partial charge in [0, 0.05) is 0 Å². The van der Waals surface area contributed by atoms with Gasteiger partial charge in [0.05, 0.1) is 12.1 Å². The highest BCUT2D eigenvalue weighted by Gasteiger charge is 2.15. The summed E-state index contributed by atoms with van der Waals surface area (Å²) in [6, 6.07) is 5.91. The minimum atomic E-state index is -0.290. The molecule has 0 saturated carbocycles. The second-order valence-corrected chi connectivity index (χ2v) is 2.78. The van der Waals surface area contributed by atoms with Crippen molar-refractivity contribution >= 4 is 11.6 Å². The lowest BCUT2D eigenvalue weighted by atomic mass is 10.1. The van der Waals surface area contributed by atoms with Crippen LogP contribution in [0.15, 0.2) is 29.4 Å². The molecule has 2 rings (SSSR count). The molecule has 0 unspecified atom stereocenters. The van der Waals surface area contributed by atoms with Crippen LogP contribution in [-0.2, 0) is 4.79 Å². The van der Waals surface area contributed by atoms with Gasteiger partial charge in [0.15, 0.2) is 0 Å². The molecule has 1 amide bonds. The molecule has 1 N–H and O–H groups in total. The monoisotopic (exact) mass is 178 g/mol. The van der Waals surface area contributed by atoms with Gasteiger partial charge in [0.1, 0.15) is 5.82 Å². The number of nitrogens with zero attached hydrogens (tertiary/aromatic N) is 1. The predicted molar refractivity (Wildman–Crippen MR) is 45.7 cm³/mol. The quantitative estimate of drug-likeness (QED) is 0.686. The van der Waals surface area contributed by atoms with E-state index in [1.165, 1.54) is 12.1 Å². The third-order valence-corrected chi connectivity index (χ3v) is 1.82. The Kier molecular flexibility index (Phi) is 1.81. The molecule has 0 bridgehead atoms. The van der Waals surface area contributed by atoms with Crippen LogP contribution in [0.3, 0.4) is 0 Å². The van der Waals surface area contributed by atoms with Crippen LogP contribution in [0.5, 0.6) is 0 Å². The molecule has 13 heavy (non-hydrogen) atoms. The van der Waals surface area contributed by atoms with Gasteiger partial charge in [0.25, 0.3) is 0 Å². The van der Waals surface area contributed by atoms with E-state index in [1.54, 1.807) is 12.1 Å². The Morgan fingerprint density at radius 3 is 2.54 bits per heavy atom. The number of nitrogens with one attached hydrogen (secondary N) is 1. The fourth-order valence-electron chi connectivity index (χ4n) is 1.17. The van der Waals surface area contributed by atoms with E-state index in [4.69, 9.17) is 0 Å². The van der Waals surface area contributed by atoms with Gasteiger partial charge in [-0.25, -0.2) is 9.82 Å². The van der Waals surface area contributed by atoms with Gasteiger partial charge < -0.3 is 0 Å². The van der Waals surface area contributed by atoms with E-state index in [0.29, 0.717) is 5.71 Å². The van der Waals surface area contributed by atoms with Gasteiger partial charge in [-0.05, 0) is 17.7 Å². The molecule has 3 nitrogen and oxygen atoms in total. The number of halogens is 1. The van der Waals surface area contributed by atoms with E-state index in [2.05, 4.69) is 10.5 Å². The highest BCUT2D eigenvalue weighted by molar-refractivity contribution is 6.13. The third kappa shape index (κ3) is 1.56. The Balaban J connectivity index is 2.27. The van der Waals surface area contributed by atoms with Crippen molar-refractivity contribution < 1.29 is 9.18 Å². The summed E-state index contributed by atoms with van der Waals surface area (Å²) in [5, 5.41) is 3.81. The zero-order valence-electron chi connectivity index (χ0n) is 6.75. The summed E-state index contributed by atoms with van der Waals surface area (Å²) >= 11 is 0. The van der Waals surface area contributed by atoms with Crippen molar-refractivity contribution in [3.8, 4) is 0 Å². The summed E-state index contributed by atoms with van der Waals surface area (Å²) in [4.78, 5) is 10.8. The summed E-state index contributed by atoms with van der Waals surface area (Å²) in [6.45, 7) is 0. The van der Waals surface area contributed by atoms with Crippen LogP contribution in [0.25, 0.3) is 0 Å². The van der Waals surface area contributed by atoms with Crippen molar-refractivity contribution in [2.75, 3.05) is 0 Å². The topological polar surface area (TPSA) is 41.5 Å². The molecule has 1 aliphatic heterocycles. The Labute approximate surface area is 74.3 Å². The normalized spacial score (nSPS) is 15.5. The molecule has 0 saturated heterocycles.